The first-order chi connectivity index (χ1) is 11.3. The number of aryl methyl sites for hydroxylation is 2. The van der Waals surface area contributed by atoms with Crippen LogP contribution in [0.4, 0.5) is 5.69 Å². The number of anilines is 1. The van der Waals surface area contributed by atoms with Crippen LogP contribution in [0.15, 0.2) is 18.2 Å². The summed E-state index contributed by atoms with van der Waals surface area (Å²) in [6.07, 6.45) is 7.62. The van der Waals surface area contributed by atoms with Gasteiger partial charge in [0.05, 0.1) is 11.0 Å². The second-order valence-electron chi connectivity index (χ2n) is 6.74. The van der Waals surface area contributed by atoms with Crippen molar-refractivity contribution in [2.24, 2.45) is 0 Å². The van der Waals surface area contributed by atoms with Gasteiger partial charge in [-0.3, -0.25) is 4.79 Å². The zero-order valence-corrected chi connectivity index (χ0v) is 15.9. The Morgan fingerprint density at radius 2 is 2.12 bits per heavy atom. The quantitative estimate of drug-likeness (QED) is 0.847. The molecule has 2 aliphatic rings. The number of aromatic nitrogens is 2. The van der Waals surface area contributed by atoms with E-state index in [9.17, 15) is 4.79 Å². The van der Waals surface area contributed by atoms with Crippen LogP contribution >= 0.6 is 24.8 Å². The van der Waals surface area contributed by atoms with Crippen molar-refractivity contribution >= 4 is 47.4 Å². The number of rotatable bonds is 3. The van der Waals surface area contributed by atoms with Gasteiger partial charge in [-0.1, -0.05) is 6.42 Å². The minimum absolute atomic E-state index is 0. The van der Waals surface area contributed by atoms with Crippen molar-refractivity contribution in [1.29, 1.82) is 0 Å². The highest BCUT2D eigenvalue weighted by Gasteiger charge is 2.18. The third-order valence-electron chi connectivity index (χ3n) is 4.99. The van der Waals surface area contributed by atoms with Crippen molar-refractivity contribution in [3.63, 3.8) is 0 Å². The van der Waals surface area contributed by atoms with Crippen LogP contribution in [0.3, 0.4) is 0 Å². The number of hydrogen-bond acceptors (Lipinski definition) is 3. The molecule has 7 heteroatoms. The number of imidazole rings is 1. The van der Waals surface area contributed by atoms with E-state index >= 15 is 0 Å². The Morgan fingerprint density at radius 1 is 1.24 bits per heavy atom. The van der Waals surface area contributed by atoms with Gasteiger partial charge in [0.15, 0.2) is 0 Å². The number of fused-ring (bicyclic) bond motifs is 3. The third kappa shape index (κ3) is 4.46. The lowest BCUT2D eigenvalue weighted by atomic mass is 10.1. The Balaban J connectivity index is 0.00000113. The number of carbonyl (C=O) groups excluding carboxylic acids is 1. The summed E-state index contributed by atoms with van der Waals surface area (Å²) >= 11 is 0. The van der Waals surface area contributed by atoms with Gasteiger partial charge in [0.2, 0.25) is 5.91 Å². The maximum atomic E-state index is 12.2. The van der Waals surface area contributed by atoms with Gasteiger partial charge in [0, 0.05) is 31.1 Å². The van der Waals surface area contributed by atoms with Crippen LogP contribution < -0.4 is 10.6 Å². The third-order valence-corrected chi connectivity index (χ3v) is 4.99. The molecule has 5 nitrogen and oxygen atoms in total. The van der Waals surface area contributed by atoms with Crippen LogP contribution in [0, 0.1) is 0 Å². The summed E-state index contributed by atoms with van der Waals surface area (Å²) in [7, 11) is 0. The number of halogens is 2. The molecule has 0 aliphatic carbocycles. The van der Waals surface area contributed by atoms with Gasteiger partial charge in [0.25, 0.3) is 0 Å². The molecule has 3 heterocycles. The Bertz CT molecular complexity index is 725. The second kappa shape index (κ2) is 8.88. The Morgan fingerprint density at radius 3 is 2.92 bits per heavy atom. The minimum Gasteiger partial charge on any atom is -0.328 e. The maximum Gasteiger partial charge on any atom is 0.225 e. The molecule has 1 amide bonds. The zero-order chi connectivity index (χ0) is 15.6. The van der Waals surface area contributed by atoms with Crippen LogP contribution in [-0.4, -0.2) is 28.0 Å². The van der Waals surface area contributed by atoms with Gasteiger partial charge in [-0.2, -0.15) is 0 Å². The predicted molar refractivity (Wildman–Crippen MR) is 106 cm³/mol. The molecule has 1 fully saturated rings. The summed E-state index contributed by atoms with van der Waals surface area (Å²) < 4.78 is 2.34. The SMILES string of the molecule is Cl.Cl.O=C(CC1CCCN1)Nc1ccc2c(c1)nc1n2CCCCC1. The van der Waals surface area contributed by atoms with Gasteiger partial charge >= 0.3 is 0 Å². The molecule has 0 radical (unpaired) electrons. The summed E-state index contributed by atoms with van der Waals surface area (Å²) in [6, 6.07) is 6.45. The number of nitrogens with zero attached hydrogens (tertiary/aromatic N) is 2. The highest BCUT2D eigenvalue weighted by molar-refractivity contribution is 5.93. The average molecular weight is 385 g/mol. The van der Waals surface area contributed by atoms with E-state index in [4.69, 9.17) is 4.98 Å². The van der Waals surface area contributed by atoms with Gasteiger partial charge < -0.3 is 15.2 Å². The molecule has 2 aliphatic heterocycles. The molecular weight excluding hydrogens is 359 g/mol. The topological polar surface area (TPSA) is 59.0 Å². The largest absolute Gasteiger partial charge is 0.328 e. The molecular formula is C18H26Cl2N4O. The standard InChI is InChI=1S/C18H24N4O.2ClH/c23-18(12-13-5-4-9-19-13)20-14-7-8-16-15(11-14)21-17-6-2-1-3-10-22(16)17;;/h7-8,11,13,19H,1-6,9-10,12H2,(H,20,23);2*1H. The second-order valence-corrected chi connectivity index (χ2v) is 6.74. The molecule has 2 N–H and O–H groups in total. The molecule has 1 aromatic carbocycles. The molecule has 25 heavy (non-hydrogen) atoms. The molecule has 4 rings (SSSR count). The predicted octanol–water partition coefficient (Wildman–Crippen LogP) is 3.69. The molecule has 1 unspecified atom stereocenters. The molecule has 0 saturated carbocycles. The monoisotopic (exact) mass is 384 g/mol. The lowest BCUT2D eigenvalue weighted by Gasteiger charge is -2.10. The van der Waals surface area contributed by atoms with E-state index in [0.29, 0.717) is 12.5 Å². The normalized spacial score (nSPS) is 19.4. The number of amides is 1. The highest BCUT2D eigenvalue weighted by atomic mass is 35.5. The first-order valence-corrected chi connectivity index (χ1v) is 8.82. The fourth-order valence-corrected chi connectivity index (χ4v) is 3.79. The van der Waals surface area contributed by atoms with Crippen molar-refractivity contribution in [1.82, 2.24) is 14.9 Å². The Labute approximate surface area is 160 Å². The fraction of sp³-hybridized carbons (Fsp3) is 0.556. The first-order valence-electron chi connectivity index (χ1n) is 8.82. The van der Waals surface area contributed by atoms with Gasteiger partial charge in [-0.15, -0.1) is 24.8 Å². The van der Waals surface area contributed by atoms with Crippen molar-refractivity contribution in [3.8, 4) is 0 Å². The lowest BCUT2D eigenvalue weighted by Crippen LogP contribution is -2.27. The zero-order valence-electron chi connectivity index (χ0n) is 14.3. The van der Waals surface area contributed by atoms with Crippen LogP contribution in [0.2, 0.25) is 0 Å². The van der Waals surface area contributed by atoms with E-state index < -0.39 is 0 Å². The van der Waals surface area contributed by atoms with E-state index in [0.717, 1.165) is 37.1 Å². The molecule has 0 bridgehead atoms. The molecule has 1 aromatic heterocycles. The Kier molecular flexibility index (Phi) is 7.11. The van der Waals surface area contributed by atoms with E-state index in [-0.39, 0.29) is 30.7 Å². The van der Waals surface area contributed by atoms with E-state index in [1.807, 2.05) is 12.1 Å². The van der Waals surface area contributed by atoms with E-state index in [1.54, 1.807) is 0 Å². The van der Waals surface area contributed by atoms with Gasteiger partial charge in [-0.05, 0) is 50.4 Å². The summed E-state index contributed by atoms with van der Waals surface area (Å²) in [5.41, 5.74) is 3.05. The van der Waals surface area contributed by atoms with Crippen LogP contribution in [0.25, 0.3) is 11.0 Å². The van der Waals surface area contributed by atoms with E-state index in [2.05, 4.69) is 21.3 Å². The summed E-state index contributed by atoms with van der Waals surface area (Å²) in [4.78, 5) is 17.0. The molecule has 138 valence electrons. The summed E-state index contributed by atoms with van der Waals surface area (Å²) in [5.74, 6) is 1.28. The Hall–Kier alpha value is -1.30. The molecule has 1 saturated heterocycles. The van der Waals surface area contributed by atoms with Crippen LogP contribution in [-0.2, 0) is 17.8 Å². The van der Waals surface area contributed by atoms with Crippen molar-refractivity contribution in [2.75, 3.05) is 11.9 Å². The maximum absolute atomic E-state index is 12.2. The fourth-order valence-electron chi connectivity index (χ4n) is 3.79. The smallest absolute Gasteiger partial charge is 0.225 e. The highest BCUT2D eigenvalue weighted by Crippen LogP contribution is 2.24. The lowest BCUT2D eigenvalue weighted by molar-refractivity contribution is -0.116. The number of carbonyl (C=O) groups is 1. The van der Waals surface area contributed by atoms with Crippen LogP contribution in [0.5, 0.6) is 0 Å². The average Bonchev–Trinajstić information content (AvgIpc) is 3.09. The molecule has 0 spiro atoms. The van der Waals surface area contributed by atoms with Crippen molar-refractivity contribution in [2.45, 2.75) is 57.5 Å². The van der Waals surface area contributed by atoms with Gasteiger partial charge in [0.1, 0.15) is 5.82 Å². The first kappa shape index (κ1) is 20.0. The molecule has 1 atom stereocenters. The van der Waals surface area contributed by atoms with E-state index in [1.165, 1.54) is 37.0 Å². The number of nitrogens with one attached hydrogen (secondary N) is 2. The summed E-state index contributed by atoms with van der Waals surface area (Å²) in [5, 5.41) is 6.39. The number of hydrogen-bond donors (Lipinski definition) is 2. The van der Waals surface area contributed by atoms with Crippen molar-refractivity contribution < 1.29 is 4.79 Å². The van der Waals surface area contributed by atoms with Gasteiger partial charge in [-0.25, -0.2) is 4.98 Å². The summed E-state index contributed by atoms with van der Waals surface area (Å²) in [6.45, 7) is 2.09. The number of benzene rings is 1. The van der Waals surface area contributed by atoms with Crippen LogP contribution in [0.1, 0.15) is 44.3 Å². The van der Waals surface area contributed by atoms with Crippen molar-refractivity contribution in [3.05, 3.63) is 24.0 Å². The minimum atomic E-state index is 0. The molecule has 2 aromatic rings.